The lowest BCUT2D eigenvalue weighted by molar-refractivity contribution is 0.121. The van der Waals surface area contributed by atoms with Gasteiger partial charge < -0.3 is 10.1 Å². The first-order valence-electron chi connectivity index (χ1n) is 6.69. The van der Waals surface area contributed by atoms with Crippen molar-refractivity contribution in [2.24, 2.45) is 5.92 Å². The normalized spacial score (nSPS) is 11.2. The molecule has 0 bridgehead atoms. The monoisotopic (exact) mass is 313 g/mol. The van der Waals surface area contributed by atoms with E-state index in [2.05, 4.69) is 60.2 Å². The van der Waals surface area contributed by atoms with E-state index in [4.69, 9.17) is 4.74 Å². The molecule has 0 saturated heterocycles. The van der Waals surface area contributed by atoms with E-state index >= 15 is 0 Å². The molecule has 0 aliphatic rings. The van der Waals surface area contributed by atoms with E-state index in [-0.39, 0.29) is 0 Å². The number of nitrogens with one attached hydrogen (secondary N) is 1. The third-order valence-corrected chi connectivity index (χ3v) is 3.34. The first-order valence-corrected chi connectivity index (χ1v) is 7.48. The summed E-state index contributed by atoms with van der Waals surface area (Å²) in [5, 5.41) is 3.45. The van der Waals surface area contributed by atoms with Crippen LogP contribution in [0.1, 0.15) is 38.3 Å². The number of hydrogen-bond acceptors (Lipinski definition) is 2. The third-order valence-electron chi connectivity index (χ3n) is 2.61. The van der Waals surface area contributed by atoms with Gasteiger partial charge in [0, 0.05) is 17.6 Å². The standard InChI is InChI=1S/C15H24BrNO/c1-4-7-18-11-14-6-5-13(8-15(14)16)10-17-9-12(2)3/h5-6,8,12,17H,4,7,9-11H2,1-3H3. The Hall–Kier alpha value is -0.380. The van der Waals surface area contributed by atoms with Crippen LogP contribution < -0.4 is 5.32 Å². The minimum absolute atomic E-state index is 0.689. The molecule has 1 N–H and O–H groups in total. The molecule has 0 aromatic heterocycles. The van der Waals surface area contributed by atoms with Gasteiger partial charge in [0.05, 0.1) is 6.61 Å². The number of rotatable bonds is 8. The Kier molecular flexibility index (Phi) is 7.56. The largest absolute Gasteiger partial charge is 0.377 e. The lowest BCUT2D eigenvalue weighted by Crippen LogP contribution is -2.18. The molecular formula is C15H24BrNO. The van der Waals surface area contributed by atoms with E-state index in [1.165, 1.54) is 11.1 Å². The van der Waals surface area contributed by atoms with Crippen molar-refractivity contribution >= 4 is 15.9 Å². The summed E-state index contributed by atoms with van der Waals surface area (Å²) in [5.74, 6) is 0.690. The topological polar surface area (TPSA) is 21.3 Å². The molecule has 102 valence electrons. The van der Waals surface area contributed by atoms with Gasteiger partial charge in [-0.15, -0.1) is 0 Å². The van der Waals surface area contributed by atoms with Crippen LogP contribution in [0.25, 0.3) is 0 Å². The van der Waals surface area contributed by atoms with Crippen molar-refractivity contribution in [1.29, 1.82) is 0 Å². The maximum absolute atomic E-state index is 5.56. The molecule has 0 radical (unpaired) electrons. The smallest absolute Gasteiger partial charge is 0.0727 e. The lowest BCUT2D eigenvalue weighted by atomic mass is 10.1. The van der Waals surface area contributed by atoms with Crippen molar-refractivity contribution in [2.75, 3.05) is 13.2 Å². The Labute approximate surface area is 119 Å². The Morgan fingerprint density at radius 1 is 1.33 bits per heavy atom. The molecular weight excluding hydrogens is 290 g/mol. The van der Waals surface area contributed by atoms with Crippen molar-refractivity contribution in [2.45, 2.75) is 40.3 Å². The molecule has 0 atom stereocenters. The molecule has 2 nitrogen and oxygen atoms in total. The van der Waals surface area contributed by atoms with Gasteiger partial charge in [0.25, 0.3) is 0 Å². The molecule has 1 aromatic rings. The van der Waals surface area contributed by atoms with Gasteiger partial charge in [0.1, 0.15) is 0 Å². The predicted octanol–water partition coefficient (Wildman–Crippen LogP) is 4.12. The van der Waals surface area contributed by atoms with Crippen LogP contribution in [0.2, 0.25) is 0 Å². The fourth-order valence-electron chi connectivity index (χ4n) is 1.65. The summed E-state index contributed by atoms with van der Waals surface area (Å²) in [6.45, 7) is 10.1. The Bertz CT molecular complexity index is 352. The summed E-state index contributed by atoms with van der Waals surface area (Å²) in [6, 6.07) is 6.49. The SMILES string of the molecule is CCCOCc1ccc(CNCC(C)C)cc1Br. The summed E-state index contributed by atoms with van der Waals surface area (Å²) in [4.78, 5) is 0. The van der Waals surface area contributed by atoms with E-state index in [1.807, 2.05) is 0 Å². The highest BCUT2D eigenvalue weighted by molar-refractivity contribution is 9.10. The predicted molar refractivity (Wildman–Crippen MR) is 80.6 cm³/mol. The number of ether oxygens (including phenoxy) is 1. The summed E-state index contributed by atoms with van der Waals surface area (Å²) in [7, 11) is 0. The van der Waals surface area contributed by atoms with Crippen LogP contribution in [-0.2, 0) is 17.9 Å². The van der Waals surface area contributed by atoms with Crippen LogP contribution in [0.5, 0.6) is 0 Å². The molecule has 1 aromatic carbocycles. The second-order valence-corrected chi connectivity index (χ2v) is 5.86. The molecule has 0 heterocycles. The Morgan fingerprint density at radius 3 is 2.72 bits per heavy atom. The fourth-order valence-corrected chi connectivity index (χ4v) is 2.19. The van der Waals surface area contributed by atoms with Gasteiger partial charge in [-0.3, -0.25) is 0 Å². The van der Waals surface area contributed by atoms with E-state index in [0.717, 1.165) is 30.6 Å². The molecule has 0 saturated carbocycles. The maximum atomic E-state index is 5.56. The van der Waals surface area contributed by atoms with Gasteiger partial charge in [-0.1, -0.05) is 48.8 Å². The van der Waals surface area contributed by atoms with Crippen molar-refractivity contribution < 1.29 is 4.74 Å². The molecule has 0 spiro atoms. The van der Waals surface area contributed by atoms with Crippen molar-refractivity contribution in [3.8, 4) is 0 Å². The van der Waals surface area contributed by atoms with Crippen molar-refractivity contribution in [3.05, 3.63) is 33.8 Å². The second-order valence-electron chi connectivity index (χ2n) is 5.00. The quantitative estimate of drug-likeness (QED) is 0.729. The van der Waals surface area contributed by atoms with E-state index in [9.17, 15) is 0 Å². The molecule has 0 amide bonds. The first kappa shape index (κ1) is 15.7. The molecule has 18 heavy (non-hydrogen) atoms. The Balaban J connectivity index is 2.45. The van der Waals surface area contributed by atoms with Gasteiger partial charge in [-0.2, -0.15) is 0 Å². The lowest BCUT2D eigenvalue weighted by Gasteiger charge is -2.10. The van der Waals surface area contributed by atoms with Crippen molar-refractivity contribution in [1.82, 2.24) is 5.32 Å². The molecule has 3 heteroatoms. The third kappa shape index (κ3) is 5.98. The Morgan fingerprint density at radius 2 is 2.11 bits per heavy atom. The average molecular weight is 314 g/mol. The summed E-state index contributed by atoms with van der Waals surface area (Å²) >= 11 is 3.61. The molecule has 0 fully saturated rings. The van der Waals surface area contributed by atoms with E-state index in [0.29, 0.717) is 12.5 Å². The highest BCUT2D eigenvalue weighted by Gasteiger charge is 2.02. The molecule has 0 unspecified atom stereocenters. The number of benzene rings is 1. The van der Waals surface area contributed by atoms with Crippen molar-refractivity contribution in [3.63, 3.8) is 0 Å². The van der Waals surface area contributed by atoms with E-state index < -0.39 is 0 Å². The maximum Gasteiger partial charge on any atom is 0.0727 e. The van der Waals surface area contributed by atoms with Gasteiger partial charge in [0.15, 0.2) is 0 Å². The van der Waals surface area contributed by atoms with Crippen LogP contribution in [-0.4, -0.2) is 13.2 Å². The minimum atomic E-state index is 0.689. The fraction of sp³-hybridized carbons (Fsp3) is 0.600. The highest BCUT2D eigenvalue weighted by Crippen LogP contribution is 2.19. The van der Waals surface area contributed by atoms with Crippen LogP contribution in [0.4, 0.5) is 0 Å². The number of hydrogen-bond donors (Lipinski definition) is 1. The zero-order valence-electron chi connectivity index (χ0n) is 11.6. The second kappa shape index (κ2) is 8.68. The van der Waals surface area contributed by atoms with Crippen LogP contribution in [0, 0.1) is 5.92 Å². The van der Waals surface area contributed by atoms with Gasteiger partial charge in [-0.05, 0) is 36.1 Å². The first-order chi connectivity index (χ1) is 8.63. The summed E-state index contributed by atoms with van der Waals surface area (Å²) < 4.78 is 6.70. The molecule has 0 aliphatic heterocycles. The zero-order valence-corrected chi connectivity index (χ0v) is 13.2. The van der Waals surface area contributed by atoms with Crippen LogP contribution >= 0.6 is 15.9 Å². The van der Waals surface area contributed by atoms with Crippen LogP contribution in [0.3, 0.4) is 0 Å². The van der Waals surface area contributed by atoms with Gasteiger partial charge >= 0.3 is 0 Å². The average Bonchev–Trinajstić information content (AvgIpc) is 2.31. The summed E-state index contributed by atoms with van der Waals surface area (Å²) in [5.41, 5.74) is 2.53. The highest BCUT2D eigenvalue weighted by atomic mass is 79.9. The molecule has 0 aliphatic carbocycles. The summed E-state index contributed by atoms with van der Waals surface area (Å²) in [6.07, 6.45) is 1.06. The van der Waals surface area contributed by atoms with E-state index in [1.54, 1.807) is 0 Å². The molecule has 1 rings (SSSR count). The van der Waals surface area contributed by atoms with Gasteiger partial charge in [-0.25, -0.2) is 0 Å². The van der Waals surface area contributed by atoms with Crippen LogP contribution in [0.15, 0.2) is 22.7 Å². The zero-order chi connectivity index (χ0) is 13.4. The minimum Gasteiger partial charge on any atom is -0.377 e. The number of halogens is 1. The van der Waals surface area contributed by atoms with Gasteiger partial charge in [0.2, 0.25) is 0 Å².